The quantitative estimate of drug-likeness (QED) is 0.876. The van der Waals surface area contributed by atoms with E-state index in [0.29, 0.717) is 11.6 Å². The first kappa shape index (κ1) is 12.0. The zero-order valence-electron chi connectivity index (χ0n) is 10.1. The van der Waals surface area contributed by atoms with Crippen LogP contribution in [-0.2, 0) is 0 Å². The molecule has 2 aromatic rings. The summed E-state index contributed by atoms with van der Waals surface area (Å²) in [7, 11) is 0. The number of benzene rings is 1. The van der Waals surface area contributed by atoms with Crippen LogP contribution in [0.5, 0.6) is 0 Å². The molecule has 0 radical (unpaired) electrons. The third-order valence-electron chi connectivity index (χ3n) is 2.67. The molecular formula is C13H14BrN3. The number of aromatic nitrogens is 2. The van der Waals surface area contributed by atoms with E-state index in [1.807, 2.05) is 0 Å². The topological polar surface area (TPSA) is 51.8 Å². The third-order valence-corrected chi connectivity index (χ3v) is 3.28. The molecule has 0 fully saturated rings. The van der Waals surface area contributed by atoms with Crippen LogP contribution in [0.4, 0.5) is 5.82 Å². The molecule has 0 unspecified atom stereocenters. The first-order valence-corrected chi connectivity index (χ1v) is 6.14. The van der Waals surface area contributed by atoms with Gasteiger partial charge in [0.1, 0.15) is 5.82 Å². The lowest BCUT2D eigenvalue weighted by Gasteiger charge is -2.10. The van der Waals surface area contributed by atoms with Crippen LogP contribution >= 0.6 is 15.9 Å². The van der Waals surface area contributed by atoms with Crippen molar-refractivity contribution in [1.29, 1.82) is 0 Å². The van der Waals surface area contributed by atoms with Crippen molar-refractivity contribution in [1.82, 2.24) is 9.97 Å². The van der Waals surface area contributed by atoms with Crippen LogP contribution in [0.25, 0.3) is 11.4 Å². The van der Waals surface area contributed by atoms with Gasteiger partial charge in [0.25, 0.3) is 0 Å². The van der Waals surface area contributed by atoms with Crippen LogP contribution in [-0.4, -0.2) is 9.97 Å². The van der Waals surface area contributed by atoms with Crippen LogP contribution in [0, 0.1) is 20.8 Å². The van der Waals surface area contributed by atoms with Gasteiger partial charge >= 0.3 is 0 Å². The highest BCUT2D eigenvalue weighted by Gasteiger charge is 2.10. The number of hydrogen-bond donors (Lipinski definition) is 1. The third kappa shape index (κ3) is 2.31. The average molecular weight is 292 g/mol. The Bertz CT molecular complexity index is 556. The van der Waals surface area contributed by atoms with E-state index < -0.39 is 0 Å². The number of hydrogen-bond acceptors (Lipinski definition) is 3. The lowest BCUT2D eigenvalue weighted by Crippen LogP contribution is -1.99. The summed E-state index contributed by atoms with van der Waals surface area (Å²) in [6.07, 6.45) is 1.69. The molecule has 2 N–H and O–H groups in total. The molecule has 0 bridgehead atoms. The summed E-state index contributed by atoms with van der Waals surface area (Å²) in [5.74, 6) is 1.15. The fourth-order valence-corrected chi connectivity index (χ4v) is 2.22. The van der Waals surface area contributed by atoms with Gasteiger partial charge in [0.15, 0.2) is 5.82 Å². The van der Waals surface area contributed by atoms with Crippen molar-refractivity contribution in [3.8, 4) is 11.4 Å². The molecule has 1 aromatic heterocycles. The SMILES string of the molecule is Cc1cc(C)c(-c2ncc(Br)c(N)n2)c(C)c1. The van der Waals surface area contributed by atoms with Crippen molar-refractivity contribution in [3.63, 3.8) is 0 Å². The summed E-state index contributed by atoms with van der Waals surface area (Å²) in [4.78, 5) is 8.64. The number of rotatable bonds is 1. The number of nitrogens with two attached hydrogens (primary N) is 1. The maximum atomic E-state index is 5.79. The Morgan fingerprint density at radius 2 is 1.71 bits per heavy atom. The van der Waals surface area contributed by atoms with Gasteiger partial charge in [0.2, 0.25) is 0 Å². The molecule has 1 aromatic carbocycles. The van der Waals surface area contributed by atoms with E-state index in [0.717, 1.165) is 10.0 Å². The highest BCUT2D eigenvalue weighted by molar-refractivity contribution is 9.10. The average Bonchev–Trinajstić information content (AvgIpc) is 2.21. The van der Waals surface area contributed by atoms with E-state index in [9.17, 15) is 0 Å². The van der Waals surface area contributed by atoms with E-state index in [2.05, 4.69) is 58.8 Å². The highest BCUT2D eigenvalue weighted by atomic mass is 79.9. The number of nitrogens with zero attached hydrogens (tertiary/aromatic N) is 2. The minimum Gasteiger partial charge on any atom is -0.383 e. The Morgan fingerprint density at radius 3 is 2.24 bits per heavy atom. The Kier molecular flexibility index (Phi) is 3.15. The number of nitrogen functional groups attached to an aromatic ring is 1. The molecule has 3 nitrogen and oxygen atoms in total. The molecule has 88 valence electrons. The van der Waals surface area contributed by atoms with Gasteiger partial charge in [-0.1, -0.05) is 17.7 Å². The van der Waals surface area contributed by atoms with Gasteiger partial charge in [0.05, 0.1) is 4.47 Å². The molecule has 0 amide bonds. The van der Waals surface area contributed by atoms with Gasteiger partial charge in [-0.05, 0) is 47.8 Å². The van der Waals surface area contributed by atoms with Crippen molar-refractivity contribution in [2.75, 3.05) is 5.73 Å². The zero-order chi connectivity index (χ0) is 12.6. The van der Waals surface area contributed by atoms with Crippen LogP contribution in [0.1, 0.15) is 16.7 Å². The Morgan fingerprint density at radius 1 is 1.12 bits per heavy atom. The molecule has 0 saturated carbocycles. The van der Waals surface area contributed by atoms with Crippen molar-refractivity contribution < 1.29 is 0 Å². The van der Waals surface area contributed by atoms with E-state index in [4.69, 9.17) is 5.73 Å². The van der Waals surface area contributed by atoms with Crippen molar-refractivity contribution in [3.05, 3.63) is 39.5 Å². The summed E-state index contributed by atoms with van der Waals surface area (Å²) >= 11 is 3.30. The van der Waals surface area contributed by atoms with E-state index in [-0.39, 0.29) is 0 Å². The molecule has 0 atom stereocenters. The standard InChI is InChI=1S/C13H14BrN3/c1-7-4-8(2)11(9(3)5-7)13-16-6-10(14)12(15)17-13/h4-6H,1-3H3,(H2,15,16,17). The summed E-state index contributed by atoms with van der Waals surface area (Å²) in [5.41, 5.74) is 10.4. The minimum atomic E-state index is 0.467. The summed E-state index contributed by atoms with van der Waals surface area (Å²) < 4.78 is 0.726. The van der Waals surface area contributed by atoms with E-state index in [1.165, 1.54) is 16.7 Å². The van der Waals surface area contributed by atoms with Gasteiger partial charge < -0.3 is 5.73 Å². The predicted molar refractivity (Wildman–Crippen MR) is 73.8 cm³/mol. The molecule has 2 rings (SSSR count). The van der Waals surface area contributed by atoms with Gasteiger partial charge in [-0.2, -0.15) is 0 Å². The molecule has 4 heteroatoms. The second kappa shape index (κ2) is 4.45. The van der Waals surface area contributed by atoms with Crippen molar-refractivity contribution in [2.24, 2.45) is 0 Å². The molecule has 0 aliphatic heterocycles. The van der Waals surface area contributed by atoms with Crippen molar-refractivity contribution >= 4 is 21.7 Å². The molecule has 0 saturated heterocycles. The van der Waals surface area contributed by atoms with Gasteiger partial charge in [-0.15, -0.1) is 0 Å². The molecular weight excluding hydrogens is 278 g/mol. The molecule has 0 aliphatic carbocycles. The monoisotopic (exact) mass is 291 g/mol. The fourth-order valence-electron chi connectivity index (χ4n) is 2.03. The second-order valence-corrected chi connectivity index (χ2v) is 5.05. The molecule has 17 heavy (non-hydrogen) atoms. The van der Waals surface area contributed by atoms with Gasteiger partial charge in [-0.25, -0.2) is 9.97 Å². The van der Waals surface area contributed by atoms with E-state index >= 15 is 0 Å². The maximum absolute atomic E-state index is 5.79. The van der Waals surface area contributed by atoms with Crippen LogP contribution in [0.3, 0.4) is 0 Å². The van der Waals surface area contributed by atoms with E-state index in [1.54, 1.807) is 6.20 Å². The summed E-state index contributed by atoms with van der Waals surface area (Å²) in [5, 5.41) is 0. The second-order valence-electron chi connectivity index (χ2n) is 4.20. The van der Waals surface area contributed by atoms with Crippen LogP contribution < -0.4 is 5.73 Å². The Labute approximate surface area is 109 Å². The number of anilines is 1. The molecule has 0 aliphatic rings. The van der Waals surface area contributed by atoms with Crippen molar-refractivity contribution in [2.45, 2.75) is 20.8 Å². The molecule has 1 heterocycles. The largest absolute Gasteiger partial charge is 0.383 e. The normalized spacial score (nSPS) is 10.6. The maximum Gasteiger partial charge on any atom is 0.162 e. The summed E-state index contributed by atoms with van der Waals surface area (Å²) in [6, 6.07) is 4.26. The lowest BCUT2D eigenvalue weighted by atomic mass is 9.99. The van der Waals surface area contributed by atoms with Crippen LogP contribution in [0.2, 0.25) is 0 Å². The van der Waals surface area contributed by atoms with Gasteiger partial charge in [-0.3, -0.25) is 0 Å². The van der Waals surface area contributed by atoms with Gasteiger partial charge in [0, 0.05) is 11.8 Å². The first-order chi connectivity index (χ1) is 7.99. The zero-order valence-corrected chi connectivity index (χ0v) is 11.7. The lowest BCUT2D eigenvalue weighted by molar-refractivity contribution is 1.15. The number of aryl methyl sites for hydroxylation is 3. The minimum absolute atomic E-state index is 0.467. The Hall–Kier alpha value is -1.42. The predicted octanol–water partition coefficient (Wildman–Crippen LogP) is 3.41. The smallest absolute Gasteiger partial charge is 0.162 e. The first-order valence-electron chi connectivity index (χ1n) is 5.35. The summed E-state index contributed by atoms with van der Waals surface area (Å²) in [6.45, 7) is 6.22. The molecule has 0 spiro atoms. The number of halogens is 1. The highest BCUT2D eigenvalue weighted by Crippen LogP contribution is 2.27. The fraction of sp³-hybridized carbons (Fsp3) is 0.231. The Balaban J connectivity index is 2.64. The van der Waals surface area contributed by atoms with Crippen LogP contribution in [0.15, 0.2) is 22.8 Å².